The molecule has 2 aliphatic rings. The zero-order valence-corrected chi connectivity index (χ0v) is 22.0. The molecule has 0 radical (unpaired) electrons. The smallest absolute Gasteiger partial charge is 0.254 e. The van der Waals surface area contributed by atoms with E-state index in [1.165, 1.54) is 25.4 Å². The Kier molecular flexibility index (Phi) is 7.92. The van der Waals surface area contributed by atoms with E-state index in [-0.39, 0.29) is 39.9 Å². The number of piperidine rings is 1. The number of methoxy groups -OCH3 is 1. The molecular weight excluding hydrogens is 513 g/mol. The van der Waals surface area contributed by atoms with Gasteiger partial charge in [-0.25, -0.2) is 9.37 Å². The lowest BCUT2D eigenvalue weighted by Gasteiger charge is -2.29. The van der Waals surface area contributed by atoms with Crippen molar-refractivity contribution in [3.05, 3.63) is 64.1 Å². The summed E-state index contributed by atoms with van der Waals surface area (Å²) in [4.78, 5) is 23.6. The van der Waals surface area contributed by atoms with E-state index >= 15 is 4.39 Å². The topological polar surface area (TPSA) is 97.8 Å². The van der Waals surface area contributed by atoms with Crippen LogP contribution in [0.4, 0.5) is 16.0 Å². The van der Waals surface area contributed by atoms with E-state index in [2.05, 4.69) is 25.5 Å². The molecular formula is C27H29ClFN5O4. The van der Waals surface area contributed by atoms with Crippen molar-refractivity contribution in [3.8, 4) is 17.4 Å². The number of benzene rings is 2. The first-order chi connectivity index (χ1) is 18.4. The minimum atomic E-state index is -0.694. The molecule has 11 heteroatoms. The SMILES string of the molecule is COc1cc(C(=O)NC2CCN(C)CC2)c(F)cc1Nc1ncc(Cl)c(Oc2cccc3c2COCC3)n1. The lowest BCUT2D eigenvalue weighted by Crippen LogP contribution is -2.43. The number of nitrogens with one attached hydrogen (secondary N) is 2. The fourth-order valence-electron chi connectivity index (χ4n) is 4.58. The number of carbonyl (C=O) groups excluding carboxylic acids is 1. The van der Waals surface area contributed by atoms with E-state index in [1.807, 2.05) is 25.2 Å². The van der Waals surface area contributed by atoms with Gasteiger partial charge < -0.3 is 29.7 Å². The Morgan fingerprint density at radius 1 is 1.24 bits per heavy atom. The number of rotatable bonds is 7. The number of ether oxygens (including phenoxy) is 3. The van der Waals surface area contributed by atoms with Crippen molar-refractivity contribution >= 4 is 29.1 Å². The van der Waals surface area contributed by atoms with Gasteiger partial charge in [0.15, 0.2) is 0 Å². The highest BCUT2D eigenvalue weighted by atomic mass is 35.5. The van der Waals surface area contributed by atoms with Gasteiger partial charge in [-0.3, -0.25) is 4.79 Å². The zero-order chi connectivity index (χ0) is 26.6. The van der Waals surface area contributed by atoms with Gasteiger partial charge in [0.1, 0.15) is 22.3 Å². The molecule has 2 aliphatic heterocycles. The third-order valence-corrected chi connectivity index (χ3v) is 7.00. The minimum Gasteiger partial charge on any atom is -0.495 e. The van der Waals surface area contributed by atoms with Crippen LogP contribution < -0.4 is 20.1 Å². The third-order valence-electron chi connectivity index (χ3n) is 6.74. The molecule has 1 saturated heterocycles. The summed E-state index contributed by atoms with van der Waals surface area (Å²) in [6.45, 7) is 2.86. The van der Waals surface area contributed by atoms with Crippen LogP contribution in [0.5, 0.6) is 17.4 Å². The van der Waals surface area contributed by atoms with E-state index < -0.39 is 11.7 Å². The molecule has 1 fully saturated rings. The number of aromatic nitrogens is 2. The van der Waals surface area contributed by atoms with Crippen LogP contribution in [0.1, 0.15) is 34.3 Å². The summed E-state index contributed by atoms with van der Waals surface area (Å²) in [5, 5.41) is 6.09. The van der Waals surface area contributed by atoms with Crippen LogP contribution in [0.25, 0.3) is 0 Å². The quantitative estimate of drug-likeness (QED) is 0.444. The summed E-state index contributed by atoms with van der Waals surface area (Å²) in [7, 11) is 3.48. The second-order valence-corrected chi connectivity index (χ2v) is 9.76. The molecule has 2 aromatic carbocycles. The van der Waals surface area contributed by atoms with Crippen molar-refractivity contribution in [2.75, 3.05) is 39.2 Å². The molecule has 0 spiro atoms. The molecule has 9 nitrogen and oxygen atoms in total. The van der Waals surface area contributed by atoms with Crippen LogP contribution in [0.15, 0.2) is 36.5 Å². The van der Waals surface area contributed by atoms with Crippen LogP contribution >= 0.6 is 11.6 Å². The number of amides is 1. The summed E-state index contributed by atoms with van der Waals surface area (Å²) < 4.78 is 32.1. The lowest BCUT2D eigenvalue weighted by atomic mass is 10.0. The highest BCUT2D eigenvalue weighted by Gasteiger charge is 2.23. The van der Waals surface area contributed by atoms with Gasteiger partial charge in [-0.15, -0.1) is 0 Å². The molecule has 0 atom stereocenters. The Bertz CT molecular complexity index is 1330. The predicted octanol–water partition coefficient (Wildman–Crippen LogP) is 4.71. The average molecular weight is 542 g/mol. The van der Waals surface area contributed by atoms with Gasteiger partial charge in [0.05, 0.1) is 37.8 Å². The molecule has 200 valence electrons. The highest BCUT2D eigenvalue weighted by Crippen LogP contribution is 2.35. The first-order valence-corrected chi connectivity index (χ1v) is 12.8. The van der Waals surface area contributed by atoms with Crippen molar-refractivity contribution < 1.29 is 23.4 Å². The molecule has 1 amide bonds. The van der Waals surface area contributed by atoms with E-state index in [0.29, 0.717) is 19.0 Å². The Labute approximate surface area is 225 Å². The monoisotopic (exact) mass is 541 g/mol. The molecule has 38 heavy (non-hydrogen) atoms. The van der Waals surface area contributed by atoms with E-state index in [1.54, 1.807) is 0 Å². The van der Waals surface area contributed by atoms with Crippen LogP contribution in [0.2, 0.25) is 5.02 Å². The molecule has 0 aliphatic carbocycles. The van der Waals surface area contributed by atoms with Gasteiger partial charge >= 0.3 is 0 Å². The maximum absolute atomic E-state index is 15.1. The summed E-state index contributed by atoms with van der Waals surface area (Å²) >= 11 is 6.32. The standard InChI is InChI=1S/C27H29ClFN5O4/c1-34-9-6-17(7-10-34)31-25(35)18-12-24(36-2)22(13-21(18)29)32-27-30-14-20(28)26(33-27)38-23-5-3-4-16-8-11-37-15-19(16)23/h3-5,12-14,17H,6-11,15H2,1-2H3,(H,31,35)(H,30,32,33). The number of nitrogens with zero attached hydrogens (tertiary/aromatic N) is 3. The normalized spacial score (nSPS) is 16.0. The Morgan fingerprint density at radius 3 is 2.84 bits per heavy atom. The predicted molar refractivity (Wildman–Crippen MR) is 141 cm³/mol. The molecule has 3 aromatic rings. The number of carbonyl (C=O) groups is 1. The summed E-state index contributed by atoms with van der Waals surface area (Å²) in [5.74, 6) is -0.0634. The number of likely N-dealkylation sites (tertiary alicyclic amines) is 1. The van der Waals surface area contributed by atoms with Crippen LogP contribution in [0, 0.1) is 5.82 Å². The molecule has 0 bridgehead atoms. The third kappa shape index (κ3) is 5.82. The van der Waals surface area contributed by atoms with Crippen molar-refractivity contribution in [2.45, 2.75) is 31.9 Å². The van der Waals surface area contributed by atoms with Crippen LogP contribution in [0.3, 0.4) is 0 Å². The molecule has 0 unspecified atom stereocenters. The number of anilines is 2. The summed E-state index contributed by atoms with van der Waals surface area (Å²) in [6, 6.07) is 8.33. The number of hydrogen-bond acceptors (Lipinski definition) is 8. The number of halogens is 2. The van der Waals surface area contributed by atoms with Crippen molar-refractivity contribution in [2.24, 2.45) is 0 Å². The number of hydrogen-bond donors (Lipinski definition) is 2. The van der Waals surface area contributed by atoms with Crippen molar-refractivity contribution in [1.29, 1.82) is 0 Å². The molecule has 0 saturated carbocycles. The van der Waals surface area contributed by atoms with Crippen LogP contribution in [-0.4, -0.2) is 60.7 Å². The van der Waals surface area contributed by atoms with E-state index in [4.69, 9.17) is 25.8 Å². The molecule has 1 aromatic heterocycles. The lowest BCUT2D eigenvalue weighted by molar-refractivity contribution is 0.0912. The van der Waals surface area contributed by atoms with Gasteiger partial charge in [-0.05, 0) is 57.1 Å². The van der Waals surface area contributed by atoms with Gasteiger partial charge in [-0.2, -0.15) is 4.98 Å². The van der Waals surface area contributed by atoms with Gasteiger partial charge in [0.25, 0.3) is 5.91 Å². The van der Waals surface area contributed by atoms with Crippen molar-refractivity contribution in [3.63, 3.8) is 0 Å². The van der Waals surface area contributed by atoms with E-state index in [9.17, 15) is 4.79 Å². The van der Waals surface area contributed by atoms with Crippen molar-refractivity contribution in [1.82, 2.24) is 20.2 Å². The van der Waals surface area contributed by atoms with Gasteiger partial charge in [0.2, 0.25) is 11.8 Å². The largest absolute Gasteiger partial charge is 0.495 e. The molecule has 3 heterocycles. The summed E-state index contributed by atoms with van der Waals surface area (Å²) in [5.41, 5.74) is 2.25. The maximum Gasteiger partial charge on any atom is 0.254 e. The Hall–Kier alpha value is -3.47. The van der Waals surface area contributed by atoms with Crippen LogP contribution in [-0.2, 0) is 17.8 Å². The molecule has 2 N–H and O–H groups in total. The zero-order valence-electron chi connectivity index (χ0n) is 21.2. The van der Waals surface area contributed by atoms with Gasteiger partial charge in [0, 0.05) is 17.7 Å². The van der Waals surface area contributed by atoms with E-state index in [0.717, 1.165) is 43.5 Å². The first-order valence-electron chi connectivity index (χ1n) is 12.4. The minimum absolute atomic E-state index is 0.00423. The fourth-order valence-corrected chi connectivity index (χ4v) is 4.71. The molecule has 5 rings (SSSR count). The second-order valence-electron chi connectivity index (χ2n) is 9.35. The number of fused-ring (bicyclic) bond motifs is 1. The summed E-state index contributed by atoms with van der Waals surface area (Å²) in [6.07, 6.45) is 3.83. The van der Waals surface area contributed by atoms with Gasteiger partial charge in [-0.1, -0.05) is 23.7 Å². The first kappa shape index (κ1) is 26.1. The highest BCUT2D eigenvalue weighted by molar-refractivity contribution is 6.31. The Morgan fingerprint density at radius 2 is 2.05 bits per heavy atom. The second kappa shape index (κ2) is 11.5. The fraction of sp³-hybridized carbons (Fsp3) is 0.370. The Balaban J connectivity index is 1.34. The average Bonchev–Trinajstić information content (AvgIpc) is 2.92. The maximum atomic E-state index is 15.1.